The van der Waals surface area contributed by atoms with E-state index in [1.54, 1.807) is 5.56 Å². The monoisotopic (exact) mass is 253 g/mol. The van der Waals surface area contributed by atoms with Gasteiger partial charge >= 0.3 is 0 Å². The van der Waals surface area contributed by atoms with Gasteiger partial charge in [0.2, 0.25) is 0 Å². The maximum absolute atomic E-state index is 3.53. The lowest BCUT2D eigenvalue weighted by Gasteiger charge is -2.25. The summed E-state index contributed by atoms with van der Waals surface area (Å²) in [7, 11) is 0. The van der Waals surface area contributed by atoms with Crippen molar-refractivity contribution in [2.45, 2.75) is 53.9 Å². The third-order valence-corrected chi connectivity index (χ3v) is 4.25. The molecule has 0 atom stereocenters. The van der Waals surface area contributed by atoms with Crippen molar-refractivity contribution in [1.82, 2.24) is 5.32 Å². The Hall–Kier alpha value is -0.340. The van der Waals surface area contributed by atoms with Crippen LogP contribution < -0.4 is 5.32 Å². The number of nitrogens with one attached hydrogen (secondary N) is 1. The summed E-state index contributed by atoms with van der Waals surface area (Å²) < 4.78 is 0. The second kappa shape index (κ2) is 6.55. The molecule has 0 saturated carbocycles. The maximum Gasteiger partial charge on any atom is 0.00490 e. The summed E-state index contributed by atoms with van der Waals surface area (Å²) in [6, 6.07) is 2.36. The molecule has 0 unspecified atom stereocenters. The van der Waals surface area contributed by atoms with E-state index in [4.69, 9.17) is 0 Å². The zero-order chi connectivity index (χ0) is 12.9. The highest BCUT2D eigenvalue weighted by Crippen LogP contribution is 2.27. The average molecular weight is 253 g/mol. The molecule has 1 nitrogen and oxygen atoms in total. The number of hydrogen-bond donors (Lipinski definition) is 1. The Morgan fingerprint density at radius 2 is 2.00 bits per heavy atom. The van der Waals surface area contributed by atoms with E-state index in [9.17, 15) is 0 Å². The van der Waals surface area contributed by atoms with Crippen LogP contribution in [0, 0.1) is 19.3 Å². The molecule has 0 aliphatic heterocycles. The van der Waals surface area contributed by atoms with Crippen molar-refractivity contribution >= 4 is 11.3 Å². The van der Waals surface area contributed by atoms with E-state index in [1.165, 1.54) is 29.0 Å². The summed E-state index contributed by atoms with van der Waals surface area (Å²) in [5, 5.41) is 3.53. The van der Waals surface area contributed by atoms with Crippen LogP contribution in [0.5, 0.6) is 0 Å². The van der Waals surface area contributed by atoms with Gasteiger partial charge in [-0.2, -0.15) is 0 Å². The average Bonchev–Trinajstić information content (AvgIpc) is 2.55. The lowest BCUT2D eigenvalue weighted by atomic mass is 9.86. The van der Waals surface area contributed by atoms with Crippen LogP contribution in [0.1, 0.15) is 48.9 Å². The SMILES string of the molecule is CCCNCC(C)(C)CCc1cc(C)sc1C. The van der Waals surface area contributed by atoms with E-state index in [2.05, 4.69) is 46.0 Å². The molecule has 0 amide bonds. The van der Waals surface area contributed by atoms with Gasteiger partial charge in [-0.05, 0) is 56.7 Å². The first-order valence-corrected chi connectivity index (χ1v) is 7.53. The first-order chi connectivity index (χ1) is 7.94. The quantitative estimate of drug-likeness (QED) is 0.713. The Balaban J connectivity index is 2.40. The summed E-state index contributed by atoms with van der Waals surface area (Å²) in [6.07, 6.45) is 3.70. The highest BCUT2D eigenvalue weighted by Gasteiger charge is 2.17. The van der Waals surface area contributed by atoms with E-state index in [0.717, 1.165) is 13.1 Å². The van der Waals surface area contributed by atoms with Crippen molar-refractivity contribution in [3.63, 3.8) is 0 Å². The topological polar surface area (TPSA) is 12.0 Å². The first-order valence-electron chi connectivity index (χ1n) is 6.71. The second-order valence-corrected chi connectivity index (χ2v) is 7.24. The number of aryl methyl sites for hydroxylation is 3. The van der Waals surface area contributed by atoms with Gasteiger partial charge in [0.1, 0.15) is 0 Å². The maximum atomic E-state index is 3.53. The van der Waals surface area contributed by atoms with Crippen LogP contribution >= 0.6 is 11.3 Å². The highest BCUT2D eigenvalue weighted by atomic mass is 32.1. The van der Waals surface area contributed by atoms with Crippen LogP contribution in [-0.4, -0.2) is 13.1 Å². The van der Waals surface area contributed by atoms with Gasteiger partial charge in [-0.25, -0.2) is 0 Å². The molecule has 17 heavy (non-hydrogen) atoms. The van der Waals surface area contributed by atoms with Crippen molar-refractivity contribution < 1.29 is 0 Å². The standard InChI is InChI=1S/C15H27NS/c1-6-9-16-11-15(4,5)8-7-14-10-12(2)17-13(14)3/h10,16H,6-9,11H2,1-5H3. The Labute approximate surface area is 111 Å². The van der Waals surface area contributed by atoms with Crippen molar-refractivity contribution in [3.05, 3.63) is 21.4 Å². The van der Waals surface area contributed by atoms with Crippen LogP contribution in [0.25, 0.3) is 0 Å². The van der Waals surface area contributed by atoms with Crippen LogP contribution in [-0.2, 0) is 6.42 Å². The van der Waals surface area contributed by atoms with E-state index in [0.29, 0.717) is 5.41 Å². The number of hydrogen-bond acceptors (Lipinski definition) is 2. The fourth-order valence-electron chi connectivity index (χ4n) is 2.10. The molecule has 1 aromatic rings. The molecule has 0 spiro atoms. The molecule has 1 aromatic heterocycles. The fraction of sp³-hybridized carbons (Fsp3) is 0.733. The highest BCUT2D eigenvalue weighted by molar-refractivity contribution is 7.12. The molecule has 0 aromatic carbocycles. The lowest BCUT2D eigenvalue weighted by molar-refractivity contribution is 0.315. The zero-order valence-corrected chi connectivity index (χ0v) is 12.8. The largest absolute Gasteiger partial charge is 0.316 e. The van der Waals surface area contributed by atoms with E-state index >= 15 is 0 Å². The fourth-order valence-corrected chi connectivity index (χ4v) is 3.07. The van der Waals surface area contributed by atoms with Gasteiger partial charge in [0.05, 0.1) is 0 Å². The van der Waals surface area contributed by atoms with E-state index in [1.807, 2.05) is 11.3 Å². The number of rotatable bonds is 7. The Morgan fingerprint density at radius 1 is 1.29 bits per heavy atom. The number of thiophene rings is 1. The molecule has 1 heterocycles. The van der Waals surface area contributed by atoms with Gasteiger partial charge in [0, 0.05) is 16.3 Å². The van der Waals surface area contributed by atoms with Crippen LogP contribution in [0.3, 0.4) is 0 Å². The lowest BCUT2D eigenvalue weighted by Crippen LogP contribution is -2.30. The Bertz CT molecular complexity index is 339. The van der Waals surface area contributed by atoms with Gasteiger partial charge in [-0.1, -0.05) is 20.8 Å². The van der Waals surface area contributed by atoms with E-state index in [-0.39, 0.29) is 0 Å². The van der Waals surface area contributed by atoms with Gasteiger partial charge in [-0.15, -0.1) is 11.3 Å². The smallest absolute Gasteiger partial charge is 0.00490 e. The van der Waals surface area contributed by atoms with Crippen LogP contribution in [0.2, 0.25) is 0 Å². The molecule has 0 aliphatic rings. The van der Waals surface area contributed by atoms with Crippen molar-refractivity contribution in [1.29, 1.82) is 0 Å². The minimum Gasteiger partial charge on any atom is -0.316 e. The zero-order valence-electron chi connectivity index (χ0n) is 12.0. The van der Waals surface area contributed by atoms with E-state index < -0.39 is 0 Å². The van der Waals surface area contributed by atoms with Crippen LogP contribution in [0.15, 0.2) is 6.07 Å². The van der Waals surface area contributed by atoms with Gasteiger partial charge < -0.3 is 5.32 Å². The molecule has 0 saturated heterocycles. The molecule has 0 fully saturated rings. The van der Waals surface area contributed by atoms with Crippen molar-refractivity contribution in [3.8, 4) is 0 Å². The summed E-state index contributed by atoms with van der Waals surface area (Å²) in [5.41, 5.74) is 1.95. The molecule has 1 rings (SSSR count). The summed E-state index contributed by atoms with van der Waals surface area (Å²) in [4.78, 5) is 2.94. The van der Waals surface area contributed by atoms with Gasteiger partial charge in [-0.3, -0.25) is 0 Å². The first kappa shape index (κ1) is 14.7. The third kappa shape index (κ3) is 5.22. The predicted octanol–water partition coefficient (Wildman–Crippen LogP) is 4.32. The van der Waals surface area contributed by atoms with Crippen molar-refractivity contribution in [2.24, 2.45) is 5.41 Å². The van der Waals surface area contributed by atoms with Gasteiger partial charge in [0.25, 0.3) is 0 Å². The molecular formula is C15H27NS. The summed E-state index contributed by atoms with van der Waals surface area (Å²) in [6.45, 7) is 13.7. The molecule has 1 N–H and O–H groups in total. The normalized spacial score (nSPS) is 12.1. The minimum absolute atomic E-state index is 0.400. The Morgan fingerprint density at radius 3 is 2.53 bits per heavy atom. The third-order valence-electron chi connectivity index (χ3n) is 3.25. The van der Waals surface area contributed by atoms with Crippen LogP contribution in [0.4, 0.5) is 0 Å². The molecule has 0 radical (unpaired) electrons. The van der Waals surface area contributed by atoms with Gasteiger partial charge in [0.15, 0.2) is 0 Å². The Kier molecular flexibility index (Phi) is 5.68. The molecular weight excluding hydrogens is 226 g/mol. The summed E-state index contributed by atoms with van der Waals surface area (Å²) in [5.74, 6) is 0. The molecule has 0 aliphatic carbocycles. The molecule has 0 bridgehead atoms. The molecule has 2 heteroatoms. The minimum atomic E-state index is 0.400. The molecule has 98 valence electrons. The predicted molar refractivity (Wildman–Crippen MR) is 79.1 cm³/mol. The van der Waals surface area contributed by atoms with Crippen molar-refractivity contribution in [2.75, 3.05) is 13.1 Å². The second-order valence-electron chi connectivity index (χ2n) is 5.78. The summed E-state index contributed by atoms with van der Waals surface area (Å²) >= 11 is 1.93.